The van der Waals surface area contributed by atoms with Crippen LogP contribution in [0.1, 0.15) is 24.2 Å². The minimum Gasteiger partial charge on any atom is -0.490 e. The van der Waals surface area contributed by atoms with E-state index in [0.29, 0.717) is 23.7 Å². The summed E-state index contributed by atoms with van der Waals surface area (Å²) < 4.78 is 36.9. The van der Waals surface area contributed by atoms with Crippen LogP contribution in [0.5, 0.6) is 11.5 Å². The number of benzene rings is 2. The van der Waals surface area contributed by atoms with E-state index in [0.717, 1.165) is 12.1 Å². The zero-order chi connectivity index (χ0) is 16.8. The van der Waals surface area contributed by atoms with E-state index in [9.17, 15) is 13.9 Å². The van der Waals surface area contributed by atoms with Crippen molar-refractivity contribution in [1.29, 1.82) is 5.26 Å². The van der Waals surface area contributed by atoms with Crippen molar-refractivity contribution in [1.82, 2.24) is 0 Å². The molecule has 0 aliphatic carbocycles. The summed E-state index contributed by atoms with van der Waals surface area (Å²) in [5.74, 6) is -1.28. The molecule has 0 aliphatic rings. The van der Waals surface area contributed by atoms with E-state index in [2.05, 4.69) is 0 Å². The lowest BCUT2D eigenvalue weighted by atomic mass is 10.1. The Morgan fingerprint density at radius 1 is 1.09 bits per heavy atom. The molecule has 0 heterocycles. The highest BCUT2D eigenvalue weighted by Crippen LogP contribution is 2.29. The number of nitriles is 1. The summed E-state index contributed by atoms with van der Waals surface area (Å²) in [6.07, 6.45) is -1.13. The summed E-state index contributed by atoms with van der Waals surface area (Å²) in [4.78, 5) is 0. The number of hydrogen-bond donors (Lipinski definition) is 1. The molecule has 0 spiro atoms. The minimum atomic E-state index is -1.13. The highest BCUT2D eigenvalue weighted by atomic mass is 19.2. The monoisotopic (exact) mass is 319 g/mol. The molecule has 0 aromatic heterocycles. The summed E-state index contributed by atoms with van der Waals surface area (Å²) in [5.41, 5.74) is 0.623. The van der Waals surface area contributed by atoms with Crippen LogP contribution in [0.3, 0.4) is 0 Å². The maximum atomic E-state index is 13.2. The van der Waals surface area contributed by atoms with Crippen molar-refractivity contribution in [3.05, 3.63) is 59.2 Å². The van der Waals surface area contributed by atoms with Crippen molar-refractivity contribution in [3.63, 3.8) is 0 Å². The average Bonchev–Trinajstić information content (AvgIpc) is 2.56. The first kappa shape index (κ1) is 16.7. The third-order valence-corrected chi connectivity index (χ3v) is 3.10. The van der Waals surface area contributed by atoms with E-state index in [-0.39, 0.29) is 12.2 Å². The van der Waals surface area contributed by atoms with Gasteiger partial charge in [-0.3, -0.25) is 0 Å². The summed E-state index contributed by atoms with van der Waals surface area (Å²) in [5, 5.41) is 18.9. The summed E-state index contributed by atoms with van der Waals surface area (Å²) in [7, 11) is 0. The lowest BCUT2D eigenvalue weighted by Crippen LogP contribution is -2.11. The maximum absolute atomic E-state index is 13.2. The van der Waals surface area contributed by atoms with Crippen molar-refractivity contribution in [2.45, 2.75) is 13.0 Å². The SMILES string of the molecule is CCOc1cc(C#N)ccc1OCC(O)c1ccc(F)c(F)c1. The number of ether oxygens (including phenoxy) is 2. The first-order valence-corrected chi connectivity index (χ1v) is 6.98. The molecule has 4 nitrogen and oxygen atoms in total. The Bertz CT molecular complexity index is 728. The Morgan fingerprint density at radius 2 is 1.87 bits per heavy atom. The van der Waals surface area contributed by atoms with Gasteiger partial charge in [-0.2, -0.15) is 5.26 Å². The molecule has 0 aliphatic heterocycles. The van der Waals surface area contributed by atoms with Crippen molar-refractivity contribution in [2.75, 3.05) is 13.2 Å². The molecule has 2 aromatic rings. The normalized spacial score (nSPS) is 11.6. The van der Waals surface area contributed by atoms with E-state index < -0.39 is 17.7 Å². The van der Waals surface area contributed by atoms with E-state index in [1.54, 1.807) is 19.1 Å². The van der Waals surface area contributed by atoms with Crippen LogP contribution in [0.4, 0.5) is 8.78 Å². The standard InChI is InChI=1S/C17H15F2NO3/c1-2-22-17-7-11(9-20)3-6-16(17)23-10-15(21)12-4-5-13(18)14(19)8-12/h3-8,15,21H,2,10H2,1H3. The molecule has 6 heteroatoms. The first-order valence-electron chi connectivity index (χ1n) is 6.98. The van der Waals surface area contributed by atoms with Crippen LogP contribution in [-0.4, -0.2) is 18.3 Å². The molecule has 23 heavy (non-hydrogen) atoms. The number of aliphatic hydroxyl groups is 1. The van der Waals surface area contributed by atoms with Gasteiger partial charge in [-0.05, 0) is 36.8 Å². The van der Waals surface area contributed by atoms with Crippen LogP contribution in [-0.2, 0) is 0 Å². The topological polar surface area (TPSA) is 62.5 Å². The van der Waals surface area contributed by atoms with Crippen LogP contribution in [0.2, 0.25) is 0 Å². The molecule has 0 saturated carbocycles. The number of nitrogens with zero attached hydrogens (tertiary/aromatic N) is 1. The smallest absolute Gasteiger partial charge is 0.162 e. The molecule has 1 unspecified atom stereocenters. The maximum Gasteiger partial charge on any atom is 0.162 e. The van der Waals surface area contributed by atoms with Gasteiger partial charge in [0.05, 0.1) is 18.2 Å². The molecular weight excluding hydrogens is 304 g/mol. The molecule has 0 radical (unpaired) electrons. The highest BCUT2D eigenvalue weighted by Gasteiger charge is 2.14. The van der Waals surface area contributed by atoms with Gasteiger partial charge >= 0.3 is 0 Å². The number of hydrogen-bond acceptors (Lipinski definition) is 4. The summed E-state index contributed by atoms with van der Waals surface area (Å²) in [6, 6.07) is 9.79. The second-order valence-corrected chi connectivity index (χ2v) is 4.71. The van der Waals surface area contributed by atoms with Gasteiger partial charge in [0.1, 0.15) is 12.7 Å². The molecule has 0 fully saturated rings. The van der Waals surface area contributed by atoms with Gasteiger partial charge in [0.2, 0.25) is 0 Å². The van der Waals surface area contributed by atoms with Gasteiger partial charge < -0.3 is 14.6 Å². The fraction of sp³-hybridized carbons (Fsp3) is 0.235. The number of aliphatic hydroxyl groups excluding tert-OH is 1. The predicted molar refractivity (Wildman–Crippen MR) is 79.1 cm³/mol. The van der Waals surface area contributed by atoms with E-state index >= 15 is 0 Å². The van der Waals surface area contributed by atoms with Gasteiger partial charge in [-0.25, -0.2) is 8.78 Å². The van der Waals surface area contributed by atoms with Crippen LogP contribution in [0, 0.1) is 23.0 Å². The Morgan fingerprint density at radius 3 is 2.52 bits per heavy atom. The van der Waals surface area contributed by atoms with E-state index in [1.165, 1.54) is 12.1 Å². The van der Waals surface area contributed by atoms with Crippen LogP contribution in [0.15, 0.2) is 36.4 Å². The molecule has 120 valence electrons. The predicted octanol–water partition coefficient (Wildman–Crippen LogP) is 3.35. The molecule has 0 bridgehead atoms. The Hall–Kier alpha value is -2.65. The van der Waals surface area contributed by atoms with Gasteiger partial charge in [0, 0.05) is 6.07 Å². The molecular formula is C17H15F2NO3. The number of halogens is 2. The Kier molecular flexibility index (Phi) is 5.50. The fourth-order valence-corrected chi connectivity index (χ4v) is 1.95. The minimum absolute atomic E-state index is 0.170. The molecule has 1 atom stereocenters. The van der Waals surface area contributed by atoms with Crippen LogP contribution in [0.25, 0.3) is 0 Å². The third kappa shape index (κ3) is 4.18. The van der Waals surface area contributed by atoms with Gasteiger partial charge in [-0.15, -0.1) is 0 Å². The van der Waals surface area contributed by atoms with Crippen molar-refractivity contribution >= 4 is 0 Å². The average molecular weight is 319 g/mol. The highest BCUT2D eigenvalue weighted by molar-refractivity contribution is 5.46. The molecule has 2 aromatic carbocycles. The zero-order valence-corrected chi connectivity index (χ0v) is 12.4. The molecule has 0 saturated heterocycles. The largest absolute Gasteiger partial charge is 0.490 e. The molecule has 2 rings (SSSR count). The second-order valence-electron chi connectivity index (χ2n) is 4.71. The molecule has 0 amide bonds. The van der Waals surface area contributed by atoms with Crippen LogP contribution < -0.4 is 9.47 Å². The fourth-order valence-electron chi connectivity index (χ4n) is 1.95. The van der Waals surface area contributed by atoms with E-state index in [4.69, 9.17) is 14.7 Å². The van der Waals surface area contributed by atoms with Gasteiger partial charge in [0.25, 0.3) is 0 Å². The zero-order valence-electron chi connectivity index (χ0n) is 12.4. The lowest BCUT2D eigenvalue weighted by molar-refractivity contribution is 0.105. The Balaban J connectivity index is 2.10. The summed E-state index contributed by atoms with van der Waals surface area (Å²) in [6.45, 7) is 2.01. The van der Waals surface area contributed by atoms with Crippen molar-refractivity contribution < 1.29 is 23.4 Å². The summed E-state index contributed by atoms with van der Waals surface area (Å²) >= 11 is 0. The van der Waals surface area contributed by atoms with Gasteiger partial charge in [-0.1, -0.05) is 6.07 Å². The van der Waals surface area contributed by atoms with E-state index in [1.807, 2.05) is 6.07 Å². The first-order chi connectivity index (χ1) is 11.0. The number of rotatable bonds is 6. The quantitative estimate of drug-likeness (QED) is 0.887. The van der Waals surface area contributed by atoms with Crippen molar-refractivity contribution in [2.24, 2.45) is 0 Å². The lowest BCUT2D eigenvalue weighted by Gasteiger charge is -2.15. The third-order valence-electron chi connectivity index (χ3n) is 3.10. The molecule has 1 N–H and O–H groups in total. The second kappa shape index (κ2) is 7.56. The van der Waals surface area contributed by atoms with Gasteiger partial charge in [0.15, 0.2) is 23.1 Å². The Labute approximate surface area is 132 Å². The van der Waals surface area contributed by atoms with Crippen molar-refractivity contribution in [3.8, 4) is 17.6 Å². The van der Waals surface area contributed by atoms with Crippen LogP contribution >= 0.6 is 0 Å².